The molecule has 2 N–H and O–H groups in total. The fourth-order valence-electron chi connectivity index (χ4n) is 1.45. The Morgan fingerprint density at radius 3 is 2.76 bits per heavy atom. The first kappa shape index (κ1) is 11.3. The predicted octanol–water partition coefficient (Wildman–Crippen LogP) is 2.71. The summed E-state index contributed by atoms with van der Waals surface area (Å²) in [4.78, 5) is 8.24. The van der Waals surface area contributed by atoms with E-state index in [4.69, 9.17) is 0 Å². The number of anilines is 3. The van der Waals surface area contributed by atoms with Crippen molar-refractivity contribution >= 4 is 17.5 Å². The lowest BCUT2D eigenvalue weighted by Gasteiger charge is -2.09. The van der Waals surface area contributed by atoms with Crippen LogP contribution in [0.25, 0.3) is 0 Å². The summed E-state index contributed by atoms with van der Waals surface area (Å²) in [5.74, 6) is 0.959. The van der Waals surface area contributed by atoms with Crippen LogP contribution < -0.4 is 10.6 Å². The zero-order chi connectivity index (χ0) is 12.3. The van der Waals surface area contributed by atoms with E-state index >= 15 is 0 Å². The summed E-state index contributed by atoms with van der Waals surface area (Å²) in [7, 11) is 1.75. The fraction of sp³-hybridized carbons (Fsp3) is 0.167. The molecule has 0 unspecified atom stereocenters. The van der Waals surface area contributed by atoms with Crippen molar-refractivity contribution in [2.75, 3.05) is 17.7 Å². The van der Waals surface area contributed by atoms with Crippen LogP contribution in [-0.2, 0) is 0 Å². The van der Waals surface area contributed by atoms with Gasteiger partial charge < -0.3 is 10.6 Å². The molecule has 0 aliphatic rings. The normalized spacial score (nSPS) is 10.1. The van der Waals surface area contributed by atoms with Gasteiger partial charge in [-0.05, 0) is 36.8 Å². The van der Waals surface area contributed by atoms with Gasteiger partial charge in [0.1, 0.15) is 11.6 Å². The van der Waals surface area contributed by atoms with Gasteiger partial charge in [-0.25, -0.2) is 9.37 Å². The second-order valence-corrected chi connectivity index (χ2v) is 3.60. The van der Waals surface area contributed by atoms with E-state index in [0.29, 0.717) is 11.8 Å². The van der Waals surface area contributed by atoms with Crippen molar-refractivity contribution in [1.29, 1.82) is 0 Å². The highest BCUT2D eigenvalue weighted by molar-refractivity contribution is 5.60. The number of aryl methyl sites for hydroxylation is 1. The number of nitrogens with zero attached hydrogens (tertiary/aromatic N) is 2. The van der Waals surface area contributed by atoms with Crippen LogP contribution in [0, 0.1) is 12.7 Å². The Morgan fingerprint density at radius 2 is 2.06 bits per heavy atom. The quantitative estimate of drug-likeness (QED) is 0.854. The predicted molar refractivity (Wildman–Crippen MR) is 66.0 cm³/mol. The first-order chi connectivity index (χ1) is 8.19. The van der Waals surface area contributed by atoms with Crippen molar-refractivity contribution in [2.45, 2.75) is 6.92 Å². The molecule has 5 heteroatoms. The Balaban J connectivity index is 2.25. The van der Waals surface area contributed by atoms with E-state index in [-0.39, 0.29) is 5.82 Å². The highest BCUT2D eigenvalue weighted by Crippen LogP contribution is 2.20. The monoisotopic (exact) mass is 232 g/mol. The Hall–Kier alpha value is -2.17. The number of benzene rings is 1. The molecule has 0 amide bonds. The number of hydrogen-bond donors (Lipinski definition) is 2. The molecule has 2 rings (SSSR count). The largest absolute Gasteiger partial charge is 0.357 e. The van der Waals surface area contributed by atoms with Crippen LogP contribution in [0.4, 0.5) is 21.8 Å². The van der Waals surface area contributed by atoms with Crippen LogP contribution in [0.3, 0.4) is 0 Å². The summed E-state index contributed by atoms with van der Waals surface area (Å²) in [6, 6.07) is 6.33. The number of rotatable bonds is 3. The molecule has 0 atom stereocenters. The number of halogens is 1. The maximum absolute atomic E-state index is 12.9. The molecule has 1 aromatic carbocycles. The summed E-state index contributed by atoms with van der Waals surface area (Å²) in [5, 5.41) is 5.97. The third-order valence-electron chi connectivity index (χ3n) is 2.33. The molecular formula is C12H13FN4. The Kier molecular flexibility index (Phi) is 3.18. The lowest BCUT2D eigenvalue weighted by Crippen LogP contribution is -2.00. The van der Waals surface area contributed by atoms with Gasteiger partial charge >= 0.3 is 0 Å². The highest BCUT2D eigenvalue weighted by atomic mass is 19.1. The minimum Gasteiger partial charge on any atom is -0.357 e. The summed E-state index contributed by atoms with van der Waals surface area (Å²) >= 11 is 0. The summed E-state index contributed by atoms with van der Waals surface area (Å²) in [5.41, 5.74) is 1.65. The maximum Gasteiger partial charge on any atom is 0.224 e. The zero-order valence-corrected chi connectivity index (χ0v) is 9.66. The van der Waals surface area contributed by atoms with Gasteiger partial charge in [-0.15, -0.1) is 0 Å². The molecule has 1 heterocycles. The lowest BCUT2D eigenvalue weighted by atomic mass is 10.2. The van der Waals surface area contributed by atoms with Crippen molar-refractivity contribution in [2.24, 2.45) is 0 Å². The van der Waals surface area contributed by atoms with Gasteiger partial charge in [0, 0.05) is 18.9 Å². The van der Waals surface area contributed by atoms with Gasteiger partial charge in [-0.3, -0.25) is 0 Å². The van der Waals surface area contributed by atoms with Crippen LogP contribution in [0.2, 0.25) is 0 Å². The number of hydrogen-bond acceptors (Lipinski definition) is 4. The fourth-order valence-corrected chi connectivity index (χ4v) is 1.45. The van der Waals surface area contributed by atoms with E-state index < -0.39 is 0 Å². The van der Waals surface area contributed by atoms with E-state index in [9.17, 15) is 4.39 Å². The van der Waals surface area contributed by atoms with Crippen molar-refractivity contribution in [3.63, 3.8) is 0 Å². The molecule has 0 saturated heterocycles. The third-order valence-corrected chi connectivity index (χ3v) is 2.33. The van der Waals surface area contributed by atoms with Gasteiger partial charge in [-0.2, -0.15) is 4.98 Å². The van der Waals surface area contributed by atoms with Crippen LogP contribution >= 0.6 is 0 Å². The topological polar surface area (TPSA) is 49.8 Å². The van der Waals surface area contributed by atoms with Crippen molar-refractivity contribution in [3.05, 3.63) is 41.8 Å². The van der Waals surface area contributed by atoms with Gasteiger partial charge in [0.25, 0.3) is 0 Å². The summed E-state index contributed by atoms with van der Waals surface area (Å²) in [6.07, 6.45) is 1.65. The lowest BCUT2D eigenvalue weighted by molar-refractivity contribution is 0.627. The molecule has 4 nitrogen and oxygen atoms in total. The van der Waals surface area contributed by atoms with Crippen molar-refractivity contribution in [3.8, 4) is 0 Å². The molecule has 88 valence electrons. The first-order valence-corrected chi connectivity index (χ1v) is 5.23. The Labute approximate surface area is 98.9 Å². The molecule has 0 spiro atoms. The van der Waals surface area contributed by atoms with Gasteiger partial charge in [-0.1, -0.05) is 0 Å². The summed E-state index contributed by atoms with van der Waals surface area (Å²) in [6.45, 7) is 1.84. The average Bonchev–Trinajstić information content (AvgIpc) is 2.33. The third kappa shape index (κ3) is 2.69. The van der Waals surface area contributed by atoms with Crippen LogP contribution in [0.1, 0.15) is 5.56 Å². The molecule has 0 radical (unpaired) electrons. The second kappa shape index (κ2) is 4.78. The highest BCUT2D eigenvalue weighted by Gasteiger charge is 2.02. The van der Waals surface area contributed by atoms with E-state index in [1.54, 1.807) is 25.4 Å². The van der Waals surface area contributed by atoms with E-state index in [1.165, 1.54) is 12.1 Å². The molecule has 0 saturated carbocycles. The Bertz CT molecular complexity index is 528. The molecule has 0 aliphatic heterocycles. The molecule has 1 aromatic heterocycles. The zero-order valence-electron chi connectivity index (χ0n) is 9.66. The molecule has 0 aliphatic carbocycles. The van der Waals surface area contributed by atoms with Crippen LogP contribution in [0.15, 0.2) is 30.5 Å². The van der Waals surface area contributed by atoms with Crippen LogP contribution in [-0.4, -0.2) is 17.0 Å². The van der Waals surface area contributed by atoms with Gasteiger partial charge in [0.15, 0.2) is 0 Å². The standard InChI is InChI=1S/C12H13FN4/c1-8-7-9(13)3-4-10(8)16-11-5-6-15-12(14-2)17-11/h3-7H,1-2H3,(H2,14,15,16,17). The van der Waals surface area contributed by atoms with Crippen molar-refractivity contribution < 1.29 is 4.39 Å². The molecule has 0 bridgehead atoms. The molecule has 0 fully saturated rings. The Morgan fingerprint density at radius 1 is 1.24 bits per heavy atom. The smallest absolute Gasteiger partial charge is 0.224 e. The maximum atomic E-state index is 12.9. The number of aromatic nitrogens is 2. The second-order valence-electron chi connectivity index (χ2n) is 3.60. The first-order valence-electron chi connectivity index (χ1n) is 5.23. The molecular weight excluding hydrogens is 219 g/mol. The van der Waals surface area contributed by atoms with Crippen LogP contribution in [0.5, 0.6) is 0 Å². The minimum absolute atomic E-state index is 0.244. The average molecular weight is 232 g/mol. The van der Waals surface area contributed by atoms with E-state index in [1.807, 2.05) is 6.92 Å². The minimum atomic E-state index is -0.244. The van der Waals surface area contributed by atoms with E-state index in [0.717, 1.165) is 11.3 Å². The molecule has 2 aromatic rings. The molecule has 17 heavy (non-hydrogen) atoms. The van der Waals surface area contributed by atoms with E-state index in [2.05, 4.69) is 20.6 Å². The summed E-state index contributed by atoms with van der Waals surface area (Å²) < 4.78 is 12.9. The van der Waals surface area contributed by atoms with Gasteiger partial charge in [0.2, 0.25) is 5.95 Å². The van der Waals surface area contributed by atoms with Gasteiger partial charge in [0.05, 0.1) is 0 Å². The number of nitrogens with one attached hydrogen (secondary N) is 2. The van der Waals surface area contributed by atoms with Crippen molar-refractivity contribution in [1.82, 2.24) is 9.97 Å². The SMILES string of the molecule is CNc1nccc(Nc2ccc(F)cc2C)n1.